The summed E-state index contributed by atoms with van der Waals surface area (Å²) in [5, 5.41) is 15.6. The fraction of sp³-hybridized carbons (Fsp3) is 0.429. The first-order chi connectivity index (χ1) is 18.3. The van der Waals surface area contributed by atoms with E-state index in [4.69, 9.17) is 0 Å². The first kappa shape index (κ1) is 28.3. The van der Waals surface area contributed by atoms with E-state index in [1.54, 1.807) is 38.1 Å². The van der Waals surface area contributed by atoms with Crippen molar-refractivity contribution >= 4 is 29.1 Å². The topological polar surface area (TPSA) is 111 Å². The van der Waals surface area contributed by atoms with Gasteiger partial charge in [0.05, 0.1) is 17.0 Å². The van der Waals surface area contributed by atoms with Crippen LogP contribution < -0.4 is 15.5 Å². The highest BCUT2D eigenvalue weighted by Crippen LogP contribution is 2.33. The number of hydrogen-bond acceptors (Lipinski definition) is 5. The number of rotatable bonds is 6. The number of aliphatic hydroxyl groups excluding tert-OH is 1. The van der Waals surface area contributed by atoms with Crippen LogP contribution in [-0.4, -0.2) is 53.4 Å². The van der Waals surface area contributed by atoms with E-state index in [0.29, 0.717) is 42.5 Å². The number of nitrogens with one attached hydrogen (secondary N) is 2. The summed E-state index contributed by atoms with van der Waals surface area (Å²) in [6.45, 7) is 3.36. The zero-order valence-electron chi connectivity index (χ0n) is 21.9. The molecule has 0 aromatic heterocycles. The van der Waals surface area contributed by atoms with Crippen LogP contribution in [0.15, 0.2) is 53.5 Å². The Bertz CT molecular complexity index is 1280. The maximum Gasteiger partial charge on any atom is 0.416 e. The van der Waals surface area contributed by atoms with Gasteiger partial charge in [-0.25, -0.2) is 4.99 Å². The predicted octanol–water partition coefficient (Wildman–Crippen LogP) is 3.41. The Labute approximate surface area is 224 Å². The van der Waals surface area contributed by atoms with Crippen LogP contribution in [0.5, 0.6) is 0 Å². The van der Waals surface area contributed by atoms with Gasteiger partial charge >= 0.3 is 6.18 Å². The molecule has 0 radical (unpaired) electrons. The second-order valence-electron chi connectivity index (χ2n) is 10.3. The monoisotopic (exact) mass is 544 g/mol. The molecule has 3 N–H and O–H groups in total. The third-order valence-electron chi connectivity index (χ3n) is 7.25. The lowest BCUT2D eigenvalue weighted by Gasteiger charge is -2.32. The van der Waals surface area contributed by atoms with Crippen LogP contribution in [0.4, 0.5) is 18.9 Å². The first-order valence-electron chi connectivity index (χ1n) is 12.8. The van der Waals surface area contributed by atoms with Crippen molar-refractivity contribution in [3.05, 3.63) is 65.2 Å². The van der Waals surface area contributed by atoms with Crippen molar-refractivity contribution in [1.29, 1.82) is 0 Å². The zero-order chi connectivity index (χ0) is 28.5. The fourth-order valence-electron chi connectivity index (χ4n) is 4.93. The molecule has 1 aliphatic heterocycles. The van der Waals surface area contributed by atoms with E-state index in [0.717, 1.165) is 12.1 Å². The molecule has 0 saturated heterocycles. The minimum Gasteiger partial charge on any atom is -0.383 e. The molecule has 4 rings (SSSR count). The number of benzene rings is 2. The van der Waals surface area contributed by atoms with Crippen LogP contribution in [0.25, 0.3) is 0 Å². The molecule has 39 heavy (non-hydrogen) atoms. The molecular weight excluding hydrogens is 513 g/mol. The number of carbonyl (C=O) groups excluding carboxylic acids is 3. The number of amides is 3. The number of benzodiazepines with no additional fused rings is 1. The van der Waals surface area contributed by atoms with Gasteiger partial charge in [-0.15, -0.1) is 0 Å². The summed E-state index contributed by atoms with van der Waals surface area (Å²) in [5.74, 6) is -2.21. The SMILES string of the molecule is CC(C)[C@H](O)C(=O)NC1(C(=O)NC2N=C(c3ccc(C(F)(F)F)cc3)c3ccccc3N(C)C2=O)CCCC1. The molecule has 2 aliphatic rings. The van der Waals surface area contributed by atoms with Gasteiger partial charge in [-0.2, -0.15) is 13.2 Å². The number of aliphatic hydroxyl groups is 1. The molecule has 11 heteroatoms. The lowest BCUT2D eigenvalue weighted by Crippen LogP contribution is -2.62. The Morgan fingerprint density at radius 3 is 2.28 bits per heavy atom. The lowest BCUT2D eigenvalue weighted by molar-refractivity contribution is -0.140. The number of nitrogens with zero attached hydrogens (tertiary/aromatic N) is 2. The molecule has 2 atom stereocenters. The Balaban J connectivity index is 1.71. The van der Waals surface area contributed by atoms with Crippen LogP contribution >= 0.6 is 0 Å². The zero-order valence-corrected chi connectivity index (χ0v) is 21.9. The standard InChI is InChI=1S/C28H31F3N4O4/c1-16(2)22(36)24(37)34-27(14-6-7-15-27)26(39)33-23-25(38)35(3)20-9-5-4-8-19(20)21(32-23)17-10-12-18(13-11-17)28(29,30)31/h4-5,8-13,16,22-23,36H,6-7,14-15H2,1-3H3,(H,33,39)(H,34,37)/t22-,23?/m0/s1. The third kappa shape index (κ3) is 5.68. The molecule has 1 heterocycles. The molecule has 1 fully saturated rings. The van der Waals surface area contributed by atoms with E-state index in [2.05, 4.69) is 15.6 Å². The van der Waals surface area contributed by atoms with Gasteiger partial charge in [0.25, 0.3) is 5.91 Å². The van der Waals surface area contributed by atoms with Crippen molar-refractivity contribution in [3.63, 3.8) is 0 Å². The number of aliphatic imine (C=N–C) groups is 1. The molecule has 3 amide bonds. The van der Waals surface area contributed by atoms with Gasteiger partial charge < -0.3 is 20.6 Å². The fourth-order valence-corrected chi connectivity index (χ4v) is 4.93. The van der Waals surface area contributed by atoms with Gasteiger partial charge in [0.15, 0.2) is 0 Å². The molecule has 1 aliphatic carbocycles. The van der Waals surface area contributed by atoms with Crippen LogP contribution in [0.3, 0.4) is 0 Å². The van der Waals surface area contributed by atoms with Gasteiger partial charge in [0, 0.05) is 18.2 Å². The van der Waals surface area contributed by atoms with Crippen molar-refractivity contribution < 1.29 is 32.7 Å². The lowest BCUT2D eigenvalue weighted by atomic mass is 9.94. The van der Waals surface area contributed by atoms with Gasteiger partial charge in [-0.1, -0.05) is 57.0 Å². The van der Waals surface area contributed by atoms with Crippen molar-refractivity contribution in [2.45, 2.75) is 63.5 Å². The summed E-state index contributed by atoms with van der Waals surface area (Å²) in [4.78, 5) is 45.7. The molecule has 2 aromatic rings. The molecule has 2 aromatic carbocycles. The van der Waals surface area contributed by atoms with E-state index < -0.39 is 47.3 Å². The van der Waals surface area contributed by atoms with E-state index >= 15 is 0 Å². The Kier molecular flexibility index (Phi) is 7.83. The molecule has 0 spiro atoms. The summed E-state index contributed by atoms with van der Waals surface area (Å²) in [6.07, 6.45) is -5.26. The van der Waals surface area contributed by atoms with Crippen LogP contribution in [-0.2, 0) is 20.6 Å². The minimum absolute atomic E-state index is 0.238. The molecular formula is C28H31F3N4O4. The second-order valence-corrected chi connectivity index (χ2v) is 10.3. The smallest absolute Gasteiger partial charge is 0.383 e. The van der Waals surface area contributed by atoms with E-state index in [-0.39, 0.29) is 11.6 Å². The summed E-state index contributed by atoms with van der Waals surface area (Å²) in [5.41, 5.74) is -0.594. The number of halogens is 3. The number of hydrogen-bond donors (Lipinski definition) is 3. The van der Waals surface area contributed by atoms with Gasteiger partial charge in [-0.3, -0.25) is 14.4 Å². The van der Waals surface area contributed by atoms with Gasteiger partial charge in [-0.05, 0) is 37.0 Å². The molecule has 1 saturated carbocycles. The number of para-hydroxylation sites is 1. The Morgan fingerprint density at radius 2 is 1.69 bits per heavy atom. The van der Waals surface area contributed by atoms with Crippen LogP contribution in [0, 0.1) is 5.92 Å². The van der Waals surface area contributed by atoms with E-state index in [1.807, 2.05) is 0 Å². The number of anilines is 1. The number of likely N-dealkylation sites (N-methyl/N-ethyl adjacent to an activating group) is 1. The summed E-state index contributed by atoms with van der Waals surface area (Å²) in [6, 6.07) is 11.3. The van der Waals surface area contributed by atoms with E-state index in [1.165, 1.54) is 24.1 Å². The summed E-state index contributed by atoms with van der Waals surface area (Å²) in [7, 11) is 1.53. The van der Waals surface area contributed by atoms with Crippen LogP contribution in [0.1, 0.15) is 56.2 Å². The normalized spacial score (nSPS) is 19.7. The highest BCUT2D eigenvalue weighted by molar-refractivity contribution is 6.20. The molecule has 0 bridgehead atoms. The molecule has 8 nitrogen and oxygen atoms in total. The van der Waals surface area contributed by atoms with Gasteiger partial charge in [0.2, 0.25) is 18.0 Å². The number of carbonyl (C=O) groups is 3. The first-order valence-corrected chi connectivity index (χ1v) is 12.8. The number of alkyl halides is 3. The van der Waals surface area contributed by atoms with Crippen molar-refractivity contribution in [1.82, 2.24) is 10.6 Å². The van der Waals surface area contributed by atoms with Crippen LogP contribution in [0.2, 0.25) is 0 Å². The largest absolute Gasteiger partial charge is 0.416 e. The summed E-state index contributed by atoms with van der Waals surface area (Å²) < 4.78 is 39.5. The Morgan fingerprint density at radius 1 is 1.08 bits per heavy atom. The molecule has 1 unspecified atom stereocenters. The second kappa shape index (κ2) is 10.8. The van der Waals surface area contributed by atoms with Crippen molar-refractivity contribution in [2.75, 3.05) is 11.9 Å². The molecule has 208 valence electrons. The Hall–Kier alpha value is -3.73. The maximum absolute atomic E-state index is 13.6. The average molecular weight is 545 g/mol. The predicted molar refractivity (Wildman–Crippen MR) is 139 cm³/mol. The average Bonchev–Trinajstić information content (AvgIpc) is 3.35. The highest BCUT2D eigenvalue weighted by atomic mass is 19.4. The van der Waals surface area contributed by atoms with Crippen molar-refractivity contribution in [3.8, 4) is 0 Å². The highest BCUT2D eigenvalue weighted by Gasteiger charge is 2.45. The van der Waals surface area contributed by atoms with Gasteiger partial charge in [0.1, 0.15) is 11.6 Å². The van der Waals surface area contributed by atoms with Crippen molar-refractivity contribution in [2.24, 2.45) is 10.9 Å². The third-order valence-corrected chi connectivity index (χ3v) is 7.25. The minimum atomic E-state index is -4.52. The van der Waals surface area contributed by atoms with E-state index in [9.17, 15) is 32.7 Å². The quantitative estimate of drug-likeness (QED) is 0.518. The maximum atomic E-state index is 13.6. The number of fused-ring (bicyclic) bond motifs is 1. The summed E-state index contributed by atoms with van der Waals surface area (Å²) >= 11 is 0.